The average Bonchev–Trinajstić information content (AvgIpc) is 3.09. The molecule has 0 bridgehead atoms. The first kappa shape index (κ1) is 34.1. The Morgan fingerprint density at radius 3 is 1.92 bits per heavy atom. The summed E-state index contributed by atoms with van der Waals surface area (Å²) < 4.78 is 34.5. The molecule has 0 saturated carbocycles. The molecule has 2 aromatic heterocycles. The number of ether oxygens (including phenoxy) is 1. The van der Waals surface area contributed by atoms with Crippen molar-refractivity contribution < 1.29 is 28.6 Å². The van der Waals surface area contributed by atoms with Crippen LogP contribution in [0.1, 0.15) is 58.6 Å². The Bertz CT molecular complexity index is 2130. The van der Waals surface area contributed by atoms with Crippen molar-refractivity contribution in [1.82, 2.24) is 19.1 Å². The zero-order valence-corrected chi connectivity index (χ0v) is 27.1. The molecule has 1 aliphatic heterocycles. The van der Waals surface area contributed by atoms with Crippen LogP contribution in [-0.2, 0) is 19.6 Å². The quantitative estimate of drug-likeness (QED) is 0.172. The van der Waals surface area contributed by atoms with Crippen LogP contribution in [0.2, 0.25) is 0 Å². The van der Waals surface area contributed by atoms with Gasteiger partial charge in [-0.3, -0.25) is 24.1 Å². The Balaban J connectivity index is 1.58. The van der Waals surface area contributed by atoms with Gasteiger partial charge in [-0.15, -0.1) is 0 Å². The Labute approximate surface area is 283 Å². The Kier molecular flexibility index (Phi) is 9.81. The smallest absolute Gasteiger partial charge is 0.331 e. The molecular weight excluding hydrogens is 652 g/mol. The number of aromatic nitrogens is 4. The fraction of sp³-hybridized carbons (Fsp3) is 0.278. The van der Waals surface area contributed by atoms with E-state index in [1.807, 2.05) is 0 Å². The van der Waals surface area contributed by atoms with Gasteiger partial charge in [-0.05, 0) is 78.2 Å². The van der Waals surface area contributed by atoms with E-state index in [2.05, 4.69) is 9.97 Å². The van der Waals surface area contributed by atoms with E-state index in [4.69, 9.17) is 4.74 Å². The van der Waals surface area contributed by atoms with E-state index in [0.717, 1.165) is 53.6 Å². The van der Waals surface area contributed by atoms with E-state index in [1.54, 1.807) is 18.2 Å². The molecule has 1 fully saturated rings. The van der Waals surface area contributed by atoms with Gasteiger partial charge in [-0.1, -0.05) is 30.3 Å². The average molecular weight is 688 g/mol. The summed E-state index contributed by atoms with van der Waals surface area (Å²) >= 11 is 0. The van der Waals surface area contributed by atoms with Crippen LogP contribution in [0.3, 0.4) is 0 Å². The molecule has 14 heteroatoms. The first-order valence-electron chi connectivity index (χ1n) is 16.1. The van der Waals surface area contributed by atoms with E-state index in [-0.39, 0.29) is 18.7 Å². The van der Waals surface area contributed by atoms with Gasteiger partial charge in [-0.25, -0.2) is 18.4 Å². The lowest BCUT2D eigenvalue weighted by Crippen LogP contribution is -3.11. The summed E-state index contributed by atoms with van der Waals surface area (Å²) in [5.74, 6) is -3.99. The molecule has 12 nitrogen and oxygen atoms in total. The number of hydrogen-bond donors (Lipinski definition) is 4. The van der Waals surface area contributed by atoms with Gasteiger partial charge in [0.1, 0.15) is 23.9 Å². The number of quaternary nitrogens is 1. The summed E-state index contributed by atoms with van der Waals surface area (Å²) in [5, 5.41) is 25.9. The lowest BCUT2D eigenvalue weighted by molar-refractivity contribution is -0.918. The zero-order valence-electron chi connectivity index (χ0n) is 27.1. The summed E-state index contributed by atoms with van der Waals surface area (Å²) in [7, 11) is 1.51. The van der Waals surface area contributed by atoms with Gasteiger partial charge in [0.25, 0.3) is 11.1 Å². The van der Waals surface area contributed by atoms with Crippen molar-refractivity contribution in [2.75, 3.05) is 20.2 Å². The maximum absolute atomic E-state index is 14.2. The van der Waals surface area contributed by atoms with Gasteiger partial charge >= 0.3 is 11.4 Å². The van der Waals surface area contributed by atoms with E-state index in [9.17, 15) is 38.2 Å². The SMILES string of the molecule is COc1ccc(C(c2c([O-])n(Cc3ccc(F)cc3)c(=O)[nH]c2=O)c2c(O)n(Cc3ccc(F)cc3)c(=O)[nH]c2=O)cc1C[NH+]1CCCCC1. The molecule has 1 aliphatic rings. The predicted octanol–water partition coefficient (Wildman–Crippen LogP) is 1.30. The van der Waals surface area contributed by atoms with Crippen LogP contribution < -0.4 is 37.2 Å². The lowest BCUT2D eigenvalue weighted by atomic mass is 9.85. The second-order valence-corrected chi connectivity index (χ2v) is 12.4. The molecule has 3 aromatic carbocycles. The van der Waals surface area contributed by atoms with Gasteiger partial charge in [0.05, 0.1) is 44.8 Å². The number of nitrogens with one attached hydrogen (secondary N) is 3. The number of rotatable bonds is 10. The number of H-pyrrole nitrogens is 2. The molecule has 4 N–H and O–H groups in total. The highest BCUT2D eigenvalue weighted by Gasteiger charge is 2.31. The third-order valence-corrected chi connectivity index (χ3v) is 9.12. The fourth-order valence-corrected chi connectivity index (χ4v) is 6.58. The lowest BCUT2D eigenvalue weighted by Gasteiger charge is -2.28. The molecule has 0 spiro atoms. The maximum Gasteiger partial charge on any atom is 0.331 e. The van der Waals surface area contributed by atoms with Gasteiger partial charge < -0.3 is 24.4 Å². The van der Waals surface area contributed by atoms with Crippen molar-refractivity contribution in [1.29, 1.82) is 0 Å². The van der Waals surface area contributed by atoms with E-state index in [1.165, 1.54) is 48.4 Å². The second-order valence-electron chi connectivity index (χ2n) is 12.4. The summed E-state index contributed by atoms with van der Waals surface area (Å²) in [4.78, 5) is 59.1. The predicted molar refractivity (Wildman–Crippen MR) is 177 cm³/mol. The topological polar surface area (TPSA) is 167 Å². The minimum absolute atomic E-state index is 0.236. The number of aromatic amines is 2. The Morgan fingerprint density at radius 1 is 0.800 bits per heavy atom. The van der Waals surface area contributed by atoms with Crippen LogP contribution in [0.15, 0.2) is 85.9 Å². The number of likely N-dealkylation sites (tertiary alicyclic amines) is 1. The van der Waals surface area contributed by atoms with Crippen molar-refractivity contribution in [3.05, 3.63) is 153 Å². The number of hydrogen-bond acceptors (Lipinski definition) is 7. The van der Waals surface area contributed by atoms with E-state index >= 15 is 0 Å². The molecule has 260 valence electrons. The standard InChI is InChI=1S/C36H35F2N5O7/c1-50-27-14-9-23(17-24(27)20-41-15-3-2-4-16-41)28(29-31(44)39-35(48)42(33(29)46)18-21-5-10-25(37)11-6-21)30-32(45)40-36(49)43(34(30)47)19-22-7-12-26(38)13-8-22/h5-14,17,28,46-47H,2-4,15-16,18-20H2,1H3,(H,39,44,48)(H,40,45,49). The zero-order chi connectivity index (χ0) is 35.5. The van der Waals surface area contributed by atoms with Crippen LogP contribution >= 0.6 is 0 Å². The summed E-state index contributed by atoms with van der Waals surface area (Å²) in [5.41, 5.74) is -3.52. The minimum atomic E-state index is -1.59. The minimum Gasteiger partial charge on any atom is -0.860 e. The van der Waals surface area contributed by atoms with Crippen molar-refractivity contribution >= 4 is 0 Å². The maximum atomic E-state index is 14.2. The van der Waals surface area contributed by atoms with Gasteiger partial charge in [-0.2, -0.15) is 0 Å². The largest absolute Gasteiger partial charge is 0.860 e. The molecule has 0 radical (unpaired) electrons. The van der Waals surface area contributed by atoms with Crippen LogP contribution in [0.5, 0.6) is 17.5 Å². The molecule has 1 atom stereocenters. The fourth-order valence-electron chi connectivity index (χ4n) is 6.58. The normalized spacial score (nSPS) is 14.1. The highest BCUT2D eigenvalue weighted by Crippen LogP contribution is 2.37. The van der Waals surface area contributed by atoms with E-state index < -0.39 is 62.9 Å². The van der Waals surface area contributed by atoms with Crippen molar-refractivity contribution in [2.24, 2.45) is 0 Å². The number of nitrogens with zero attached hydrogens (tertiary/aromatic N) is 2. The molecule has 3 heterocycles. The highest BCUT2D eigenvalue weighted by molar-refractivity contribution is 5.51. The van der Waals surface area contributed by atoms with E-state index in [0.29, 0.717) is 29.0 Å². The first-order chi connectivity index (χ1) is 24.0. The third kappa shape index (κ3) is 7.01. The first-order valence-corrected chi connectivity index (χ1v) is 16.1. The highest BCUT2D eigenvalue weighted by atomic mass is 19.1. The number of aromatic hydroxyl groups is 1. The summed E-state index contributed by atoms with van der Waals surface area (Å²) in [6, 6.07) is 15.1. The number of halogens is 2. The molecule has 0 aliphatic carbocycles. The van der Waals surface area contributed by atoms with Crippen molar-refractivity contribution in [3.63, 3.8) is 0 Å². The van der Waals surface area contributed by atoms with Crippen molar-refractivity contribution in [2.45, 2.75) is 44.8 Å². The number of methoxy groups -OCH3 is 1. The van der Waals surface area contributed by atoms with Crippen LogP contribution in [-0.4, -0.2) is 44.4 Å². The molecule has 6 rings (SSSR count). The molecule has 5 aromatic rings. The number of piperidine rings is 1. The molecule has 0 amide bonds. The number of benzene rings is 3. The second kappa shape index (κ2) is 14.4. The Morgan fingerprint density at radius 2 is 1.34 bits per heavy atom. The van der Waals surface area contributed by atoms with Crippen molar-refractivity contribution in [3.8, 4) is 17.5 Å². The van der Waals surface area contributed by atoms with Gasteiger partial charge in [0, 0.05) is 11.1 Å². The molecule has 1 saturated heterocycles. The third-order valence-electron chi connectivity index (χ3n) is 9.12. The van der Waals surface area contributed by atoms with Crippen LogP contribution in [0.4, 0.5) is 8.78 Å². The monoisotopic (exact) mass is 687 g/mol. The summed E-state index contributed by atoms with van der Waals surface area (Å²) in [6.07, 6.45) is 3.22. The molecule has 50 heavy (non-hydrogen) atoms. The van der Waals surface area contributed by atoms with Crippen LogP contribution in [0, 0.1) is 11.6 Å². The van der Waals surface area contributed by atoms with Gasteiger partial charge in [0.15, 0.2) is 0 Å². The Hall–Kier alpha value is -5.76. The molecular formula is C36H35F2N5O7. The molecule has 1 unspecified atom stereocenters. The van der Waals surface area contributed by atoms with Crippen LogP contribution in [0.25, 0.3) is 0 Å². The van der Waals surface area contributed by atoms with Gasteiger partial charge in [0.2, 0.25) is 5.88 Å². The summed E-state index contributed by atoms with van der Waals surface area (Å²) in [6.45, 7) is 1.74.